The Labute approximate surface area is 99.4 Å². The molecule has 0 amide bonds. The van der Waals surface area contributed by atoms with Gasteiger partial charge in [-0.05, 0) is 43.5 Å². The molecule has 0 saturated carbocycles. The van der Waals surface area contributed by atoms with Crippen LogP contribution >= 0.6 is 15.9 Å². The van der Waals surface area contributed by atoms with E-state index in [1.165, 1.54) is 12.0 Å². The van der Waals surface area contributed by atoms with Gasteiger partial charge in [0.2, 0.25) is 0 Å². The summed E-state index contributed by atoms with van der Waals surface area (Å²) in [6, 6.07) is 9.33. The first-order valence-corrected chi connectivity index (χ1v) is 6.27. The van der Waals surface area contributed by atoms with E-state index < -0.39 is 0 Å². The van der Waals surface area contributed by atoms with Gasteiger partial charge in [-0.2, -0.15) is 0 Å². The monoisotopic (exact) mass is 268 g/mol. The van der Waals surface area contributed by atoms with Crippen molar-refractivity contribution in [3.63, 3.8) is 0 Å². The van der Waals surface area contributed by atoms with Crippen LogP contribution < -0.4 is 11.1 Å². The van der Waals surface area contributed by atoms with E-state index in [1.54, 1.807) is 0 Å². The molecule has 1 aliphatic heterocycles. The van der Waals surface area contributed by atoms with Gasteiger partial charge in [0.25, 0.3) is 0 Å². The van der Waals surface area contributed by atoms with Crippen LogP contribution in [0, 0.1) is 0 Å². The molecule has 0 aromatic heterocycles. The van der Waals surface area contributed by atoms with Crippen LogP contribution in [-0.4, -0.2) is 18.6 Å². The zero-order valence-corrected chi connectivity index (χ0v) is 10.3. The number of rotatable bonds is 4. The highest BCUT2D eigenvalue weighted by Gasteiger charge is 2.19. The van der Waals surface area contributed by atoms with Crippen LogP contribution in [0.3, 0.4) is 0 Å². The summed E-state index contributed by atoms with van der Waals surface area (Å²) in [4.78, 5) is 0. The second-order valence-corrected chi connectivity index (χ2v) is 5.19. The van der Waals surface area contributed by atoms with Crippen molar-refractivity contribution in [2.24, 2.45) is 5.73 Å². The maximum absolute atomic E-state index is 6.11. The number of benzene rings is 1. The van der Waals surface area contributed by atoms with Gasteiger partial charge in [0.1, 0.15) is 0 Å². The van der Waals surface area contributed by atoms with E-state index in [9.17, 15) is 0 Å². The smallest absolute Gasteiger partial charge is 0.0178 e. The molecule has 1 unspecified atom stereocenters. The zero-order valence-electron chi connectivity index (χ0n) is 8.75. The second kappa shape index (κ2) is 5.10. The molecule has 1 aromatic carbocycles. The predicted octanol–water partition coefficient (Wildman–Crippen LogP) is 2.07. The average Bonchev–Trinajstić information content (AvgIpc) is 2.11. The molecule has 2 nitrogen and oxygen atoms in total. The number of hydrogen-bond acceptors (Lipinski definition) is 2. The molecule has 0 aliphatic carbocycles. The van der Waals surface area contributed by atoms with Crippen LogP contribution in [0.5, 0.6) is 0 Å². The summed E-state index contributed by atoms with van der Waals surface area (Å²) in [6.45, 7) is 1.16. The molecule has 1 aliphatic rings. The van der Waals surface area contributed by atoms with E-state index in [0.29, 0.717) is 6.04 Å². The first-order chi connectivity index (χ1) is 7.24. The van der Waals surface area contributed by atoms with Gasteiger partial charge in [-0.1, -0.05) is 28.1 Å². The Morgan fingerprint density at radius 1 is 1.53 bits per heavy atom. The third-order valence-electron chi connectivity index (χ3n) is 2.90. The Kier molecular flexibility index (Phi) is 3.78. The first kappa shape index (κ1) is 11.1. The normalized spacial score (nSPS) is 22.1. The molecule has 0 radical (unpaired) electrons. The largest absolute Gasteiger partial charge is 0.327 e. The lowest BCUT2D eigenvalue weighted by Gasteiger charge is -2.30. The van der Waals surface area contributed by atoms with Gasteiger partial charge in [0.05, 0.1) is 0 Å². The highest BCUT2D eigenvalue weighted by molar-refractivity contribution is 9.10. The zero-order chi connectivity index (χ0) is 10.7. The van der Waals surface area contributed by atoms with Crippen LogP contribution in [0.2, 0.25) is 0 Å². The molecule has 3 N–H and O–H groups in total. The SMILES string of the molecule is N[C@@H](Cc1cccc(Br)c1)CC1CCN1. The number of hydrogen-bond donors (Lipinski definition) is 2. The van der Waals surface area contributed by atoms with Crippen LogP contribution in [-0.2, 0) is 6.42 Å². The van der Waals surface area contributed by atoms with Crippen molar-refractivity contribution in [3.8, 4) is 0 Å². The predicted molar refractivity (Wildman–Crippen MR) is 66.8 cm³/mol. The minimum Gasteiger partial charge on any atom is -0.327 e. The van der Waals surface area contributed by atoms with Gasteiger partial charge in [-0.3, -0.25) is 0 Å². The van der Waals surface area contributed by atoms with Crippen molar-refractivity contribution >= 4 is 15.9 Å². The highest BCUT2D eigenvalue weighted by Crippen LogP contribution is 2.15. The van der Waals surface area contributed by atoms with Gasteiger partial charge in [-0.15, -0.1) is 0 Å². The van der Waals surface area contributed by atoms with Crippen molar-refractivity contribution in [1.29, 1.82) is 0 Å². The Balaban J connectivity index is 1.84. The standard InChI is InChI=1S/C12H17BrN2/c13-10-3-1-2-9(6-10)7-11(14)8-12-4-5-15-12/h1-3,6,11-12,15H,4-5,7-8,14H2/t11-,12?/m0/s1. The maximum Gasteiger partial charge on any atom is 0.0178 e. The quantitative estimate of drug-likeness (QED) is 0.878. The topological polar surface area (TPSA) is 38.0 Å². The molecule has 82 valence electrons. The van der Waals surface area contributed by atoms with Crippen molar-refractivity contribution < 1.29 is 0 Å². The number of halogens is 1. The molecule has 15 heavy (non-hydrogen) atoms. The summed E-state index contributed by atoms with van der Waals surface area (Å²) in [5, 5.41) is 3.38. The van der Waals surface area contributed by atoms with E-state index >= 15 is 0 Å². The lowest BCUT2D eigenvalue weighted by Crippen LogP contribution is -2.46. The van der Waals surface area contributed by atoms with Gasteiger partial charge in [-0.25, -0.2) is 0 Å². The molecule has 1 saturated heterocycles. The van der Waals surface area contributed by atoms with E-state index in [-0.39, 0.29) is 6.04 Å². The van der Waals surface area contributed by atoms with Crippen molar-refractivity contribution in [2.75, 3.05) is 6.54 Å². The first-order valence-electron chi connectivity index (χ1n) is 5.47. The molecule has 2 rings (SSSR count). The molecule has 1 aromatic rings. The fourth-order valence-corrected chi connectivity index (χ4v) is 2.41. The Bertz CT molecular complexity index is 323. The average molecular weight is 269 g/mol. The Morgan fingerprint density at radius 2 is 2.33 bits per heavy atom. The third-order valence-corrected chi connectivity index (χ3v) is 3.39. The minimum atomic E-state index is 0.275. The van der Waals surface area contributed by atoms with E-state index in [1.807, 2.05) is 6.07 Å². The lowest BCUT2D eigenvalue weighted by molar-refractivity contribution is 0.327. The number of nitrogens with two attached hydrogens (primary N) is 1. The fourth-order valence-electron chi connectivity index (χ4n) is 1.97. The molecular formula is C12H17BrN2. The molecule has 0 spiro atoms. The summed E-state index contributed by atoms with van der Waals surface area (Å²) >= 11 is 3.47. The number of nitrogens with one attached hydrogen (secondary N) is 1. The Hall–Kier alpha value is -0.380. The van der Waals surface area contributed by atoms with Crippen molar-refractivity contribution in [2.45, 2.75) is 31.3 Å². The minimum absolute atomic E-state index is 0.275. The van der Waals surface area contributed by atoms with E-state index in [2.05, 4.69) is 39.4 Å². The Morgan fingerprint density at radius 3 is 2.93 bits per heavy atom. The van der Waals surface area contributed by atoms with E-state index in [4.69, 9.17) is 5.73 Å². The van der Waals surface area contributed by atoms with Crippen molar-refractivity contribution in [3.05, 3.63) is 34.3 Å². The third kappa shape index (κ3) is 3.30. The summed E-state index contributed by atoms with van der Waals surface area (Å²) in [5.41, 5.74) is 7.43. The van der Waals surface area contributed by atoms with Gasteiger partial charge < -0.3 is 11.1 Å². The van der Waals surface area contributed by atoms with Crippen LogP contribution in [0.15, 0.2) is 28.7 Å². The molecule has 0 bridgehead atoms. The summed E-state index contributed by atoms with van der Waals surface area (Å²) in [7, 11) is 0. The maximum atomic E-state index is 6.11. The molecular weight excluding hydrogens is 252 g/mol. The van der Waals surface area contributed by atoms with Crippen LogP contribution in [0.4, 0.5) is 0 Å². The summed E-state index contributed by atoms with van der Waals surface area (Å²) in [6.07, 6.45) is 3.34. The van der Waals surface area contributed by atoms with Gasteiger partial charge in [0, 0.05) is 16.6 Å². The summed E-state index contributed by atoms with van der Waals surface area (Å²) < 4.78 is 1.13. The summed E-state index contributed by atoms with van der Waals surface area (Å²) in [5.74, 6) is 0. The fraction of sp³-hybridized carbons (Fsp3) is 0.500. The van der Waals surface area contributed by atoms with Crippen LogP contribution in [0.25, 0.3) is 0 Å². The van der Waals surface area contributed by atoms with Gasteiger partial charge >= 0.3 is 0 Å². The lowest BCUT2D eigenvalue weighted by atomic mass is 9.95. The highest BCUT2D eigenvalue weighted by atomic mass is 79.9. The van der Waals surface area contributed by atoms with Crippen LogP contribution in [0.1, 0.15) is 18.4 Å². The molecule has 1 fully saturated rings. The molecule has 3 heteroatoms. The second-order valence-electron chi connectivity index (χ2n) is 4.27. The van der Waals surface area contributed by atoms with E-state index in [0.717, 1.165) is 23.9 Å². The molecule has 1 heterocycles. The van der Waals surface area contributed by atoms with Gasteiger partial charge in [0.15, 0.2) is 0 Å². The van der Waals surface area contributed by atoms with Crippen molar-refractivity contribution in [1.82, 2.24) is 5.32 Å². The molecule has 2 atom stereocenters.